The Morgan fingerprint density at radius 2 is 2.20 bits per heavy atom. The molecule has 0 aliphatic rings. The predicted molar refractivity (Wildman–Crippen MR) is 54.8 cm³/mol. The van der Waals surface area contributed by atoms with E-state index in [4.69, 9.17) is 4.74 Å². The van der Waals surface area contributed by atoms with E-state index in [9.17, 15) is 10.1 Å². The first-order chi connectivity index (χ1) is 7.07. The lowest BCUT2D eigenvalue weighted by Gasteiger charge is -2.02. The van der Waals surface area contributed by atoms with E-state index in [1.807, 2.05) is 6.92 Å². The molecule has 0 unspecified atom stereocenters. The van der Waals surface area contributed by atoms with Gasteiger partial charge in [-0.15, -0.1) is 0 Å². The Morgan fingerprint density at radius 1 is 1.53 bits per heavy atom. The minimum Gasteiger partial charge on any atom is -0.380 e. The minimum atomic E-state index is -0.394. The molecule has 0 N–H and O–H groups in total. The average molecular weight is 213 g/mol. The first-order valence-corrected chi connectivity index (χ1v) is 4.84. The Kier molecular flexibility index (Phi) is 3.79. The van der Waals surface area contributed by atoms with Crippen molar-refractivity contribution in [1.29, 1.82) is 0 Å². The van der Waals surface area contributed by atoms with Crippen molar-refractivity contribution in [2.24, 2.45) is 0 Å². The maximum atomic E-state index is 10.7. The summed E-state index contributed by atoms with van der Waals surface area (Å²) < 4.78 is 6.79. The Morgan fingerprint density at radius 3 is 2.67 bits per heavy atom. The van der Waals surface area contributed by atoms with E-state index in [-0.39, 0.29) is 5.69 Å². The van der Waals surface area contributed by atoms with Gasteiger partial charge in [0, 0.05) is 6.61 Å². The van der Waals surface area contributed by atoms with Gasteiger partial charge in [0.1, 0.15) is 11.4 Å². The molecule has 0 atom stereocenters. The van der Waals surface area contributed by atoms with Crippen LogP contribution in [0.4, 0.5) is 5.69 Å². The topological polar surface area (TPSA) is 70.2 Å². The number of ether oxygens (including phenoxy) is 1. The zero-order chi connectivity index (χ0) is 11.4. The Bertz CT molecular complexity index is 360. The molecule has 0 spiro atoms. The van der Waals surface area contributed by atoms with Gasteiger partial charge in [-0.2, -0.15) is 5.10 Å². The quantitative estimate of drug-likeness (QED) is 0.421. The molecule has 1 aromatic heterocycles. The van der Waals surface area contributed by atoms with Gasteiger partial charge in [0.05, 0.1) is 18.1 Å². The second-order valence-corrected chi connectivity index (χ2v) is 3.20. The molecule has 1 heterocycles. The van der Waals surface area contributed by atoms with E-state index in [2.05, 4.69) is 5.10 Å². The highest BCUT2D eigenvalue weighted by atomic mass is 16.6. The average Bonchev–Trinajstić information content (AvgIpc) is 2.42. The lowest BCUT2D eigenvalue weighted by molar-refractivity contribution is -0.386. The molecule has 0 amide bonds. The number of aryl methyl sites for hydroxylation is 1. The number of rotatable bonds is 5. The molecule has 6 nitrogen and oxygen atoms in total. The van der Waals surface area contributed by atoms with Crippen molar-refractivity contribution in [2.75, 3.05) is 13.2 Å². The summed E-state index contributed by atoms with van der Waals surface area (Å²) >= 11 is 0. The largest absolute Gasteiger partial charge is 0.380 e. The van der Waals surface area contributed by atoms with E-state index in [1.165, 1.54) is 0 Å². The molecule has 84 valence electrons. The summed E-state index contributed by atoms with van der Waals surface area (Å²) in [6, 6.07) is 0. The van der Waals surface area contributed by atoms with Crippen molar-refractivity contribution in [2.45, 2.75) is 27.3 Å². The molecule has 0 aromatic carbocycles. The van der Waals surface area contributed by atoms with Crippen LogP contribution in [0.5, 0.6) is 0 Å². The van der Waals surface area contributed by atoms with Crippen molar-refractivity contribution in [3.05, 3.63) is 21.5 Å². The molecule has 0 aliphatic carbocycles. The van der Waals surface area contributed by atoms with Gasteiger partial charge >= 0.3 is 5.69 Å². The summed E-state index contributed by atoms with van der Waals surface area (Å²) in [5.74, 6) is 0. The van der Waals surface area contributed by atoms with Crippen LogP contribution in [0.25, 0.3) is 0 Å². The van der Waals surface area contributed by atoms with Crippen LogP contribution in [0.3, 0.4) is 0 Å². The Hall–Kier alpha value is -1.43. The van der Waals surface area contributed by atoms with E-state index in [0.29, 0.717) is 31.1 Å². The van der Waals surface area contributed by atoms with Gasteiger partial charge in [-0.05, 0) is 20.8 Å². The summed E-state index contributed by atoms with van der Waals surface area (Å²) in [5.41, 5.74) is 1.14. The van der Waals surface area contributed by atoms with Crippen molar-refractivity contribution in [3.8, 4) is 0 Å². The van der Waals surface area contributed by atoms with Crippen LogP contribution in [0.1, 0.15) is 18.3 Å². The summed E-state index contributed by atoms with van der Waals surface area (Å²) in [5, 5.41) is 14.8. The monoisotopic (exact) mass is 213 g/mol. The lowest BCUT2D eigenvalue weighted by atomic mass is 10.3. The number of aromatic nitrogens is 2. The first kappa shape index (κ1) is 11.6. The smallest absolute Gasteiger partial charge is 0.312 e. The molecule has 1 aromatic rings. The third-order valence-electron chi connectivity index (χ3n) is 2.18. The van der Waals surface area contributed by atoms with Gasteiger partial charge in [-0.1, -0.05) is 0 Å². The van der Waals surface area contributed by atoms with Crippen LogP contribution < -0.4 is 0 Å². The van der Waals surface area contributed by atoms with Crippen LogP contribution in [0, 0.1) is 24.0 Å². The maximum Gasteiger partial charge on any atom is 0.312 e. The van der Waals surface area contributed by atoms with Crippen LogP contribution >= 0.6 is 0 Å². The van der Waals surface area contributed by atoms with Crippen LogP contribution in [0.2, 0.25) is 0 Å². The van der Waals surface area contributed by atoms with Gasteiger partial charge in [0.2, 0.25) is 0 Å². The fourth-order valence-corrected chi connectivity index (χ4v) is 1.46. The minimum absolute atomic E-state index is 0.103. The zero-order valence-corrected chi connectivity index (χ0v) is 9.19. The van der Waals surface area contributed by atoms with Gasteiger partial charge in [0.25, 0.3) is 0 Å². The molecule has 0 saturated heterocycles. The second kappa shape index (κ2) is 4.88. The van der Waals surface area contributed by atoms with Crippen molar-refractivity contribution >= 4 is 5.69 Å². The van der Waals surface area contributed by atoms with E-state index in [0.717, 1.165) is 0 Å². The van der Waals surface area contributed by atoms with Gasteiger partial charge in [0.15, 0.2) is 0 Å². The highest BCUT2D eigenvalue weighted by Crippen LogP contribution is 2.21. The standard InChI is InChI=1S/C9H15N3O3/c1-4-15-6-5-11-8(3)9(12(13)14)7(2)10-11/h4-6H2,1-3H3. The molecular formula is C9H15N3O3. The van der Waals surface area contributed by atoms with Gasteiger partial charge in [-0.25, -0.2) is 0 Å². The molecule has 0 bridgehead atoms. The molecule has 15 heavy (non-hydrogen) atoms. The normalized spacial score (nSPS) is 10.6. The molecule has 0 fully saturated rings. The maximum absolute atomic E-state index is 10.7. The molecule has 1 rings (SSSR count). The van der Waals surface area contributed by atoms with Gasteiger partial charge < -0.3 is 4.74 Å². The van der Waals surface area contributed by atoms with E-state index >= 15 is 0 Å². The third kappa shape index (κ3) is 2.53. The first-order valence-electron chi connectivity index (χ1n) is 4.84. The van der Waals surface area contributed by atoms with Crippen LogP contribution in [-0.2, 0) is 11.3 Å². The Labute approximate surface area is 88.0 Å². The number of nitrogens with zero attached hydrogens (tertiary/aromatic N) is 3. The summed E-state index contributed by atoms with van der Waals surface area (Å²) in [4.78, 5) is 10.3. The summed E-state index contributed by atoms with van der Waals surface area (Å²) in [6.07, 6.45) is 0. The number of nitro groups is 1. The molecule has 6 heteroatoms. The Balaban J connectivity index is 2.82. The fraction of sp³-hybridized carbons (Fsp3) is 0.667. The van der Waals surface area contributed by atoms with Crippen LogP contribution in [0.15, 0.2) is 0 Å². The zero-order valence-electron chi connectivity index (χ0n) is 9.19. The van der Waals surface area contributed by atoms with Crippen LogP contribution in [-0.4, -0.2) is 27.9 Å². The van der Waals surface area contributed by atoms with Gasteiger partial charge in [-0.3, -0.25) is 14.8 Å². The summed E-state index contributed by atoms with van der Waals surface area (Å²) in [7, 11) is 0. The third-order valence-corrected chi connectivity index (χ3v) is 2.18. The number of hydrogen-bond acceptors (Lipinski definition) is 4. The molecular weight excluding hydrogens is 198 g/mol. The lowest BCUT2D eigenvalue weighted by Crippen LogP contribution is -2.09. The fourth-order valence-electron chi connectivity index (χ4n) is 1.46. The van der Waals surface area contributed by atoms with E-state index < -0.39 is 4.92 Å². The van der Waals surface area contributed by atoms with Crippen molar-refractivity contribution < 1.29 is 9.66 Å². The second-order valence-electron chi connectivity index (χ2n) is 3.20. The van der Waals surface area contributed by atoms with Crippen molar-refractivity contribution in [1.82, 2.24) is 9.78 Å². The predicted octanol–water partition coefficient (Wildman–Crippen LogP) is 1.44. The highest BCUT2D eigenvalue weighted by molar-refractivity contribution is 5.39. The molecule has 0 saturated carbocycles. The SMILES string of the molecule is CCOCCn1nc(C)c([N+](=O)[O-])c1C. The van der Waals surface area contributed by atoms with Crippen molar-refractivity contribution in [3.63, 3.8) is 0 Å². The molecule has 0 aliphatic heterocycles. The number of hydrogen-bond donors (Lipinski definition) is 0. The highest BCUT2D eigenvalue weighted by Gasteiger charge is 2.21. The van der Waals surface area contributed by atoms with E-state index in [1.54, 1.807) is 18.5 Å². The summed E-state index contributed by atoms with van der Waals surface area (Å²) in [6.45, 7) is 6.96. The molecule has 0 radical (unpaired) electrons.